The van der Waals surface area contributed by atoms with Gasteiger partial charge in [0.1, 0.15) is 0 Å². The molecule has 0 saturated carbocycles. The average molecular weight is 234 g/mol. The summed E-state index contributed by atoms with van der Waals surface area (Å²) in [6.45, 7) is 7.83. The van der Waals surface area contributed by atoms with E-state index in [2.05, 4.69) is 32.0 Å². The molecule has 0 saturated heterocycles. The summed E-state index contributed by atoms with van der Waals surface area (Å²) in [5.74, 6) is -0.741. The zero-order chi connectivity index (χ0) is 13.1. The predicted octanol–water partition coefficient (Wildman–Crippen LogP) is 3.46. The summed E-state index contributed by atoms with van der Waals surface area (Å²) in [7, 11) is 0. The largest absolute Gasteiger partial charge is 0.481 e. The fourth-order valence-electron chi connectivity index (χ4n) is 2.05. The molecule has 17 heavy (non-hydrogen) atoms. The molecule has 0 aromatic heterocycles. The Hall–Kier alpha value is -1.31. The van der Waals surface area contributed by atoms with Gasteiger partial charge in [0.25, 0.3) is 0 Å². The van der Waals surface area contributed by atoms with Crippen molar-refractivity contribution in [1.29, 1.82) is 0 Å². The van der Waals surface area contributed by atoms with Gasteiger partial charge < -0.3 is 5.11 Å². The number of carbonyl (C=O) groups is 1. The molecule has 0 amide bonds. The highest BCUT2D eigenvalue weighted by Gasteiger charge is 2.27. The van der Waals surface area contributed by atoms with Crippen molar-refractivity contribution in [1.82, 2.24) is 0 Å². The second kappa shape index (κ2) is 5.35. The van der Waals surface area contributed by atoms with Gasteiger partial charge in [0.2, 0.25) is 0 Å². The number of hydrogen-bond acceptors (Lipinski definition) is 1. The molecule has 1 rings (SSSR count). The van der Waals surface area contributed by atoms with Crippen molar-refractivity contribution in [2.75, 3.05) is 0 Å². The molecule has 1 aromatic carbocycles. The zero-order valence-electron chi connectivity index (χ0n) is 11.2. The van der Waals surface area contributed by atoms with Crippen molar-refractivity contribution < 1.29 is 9.90 Å². The number of carboxylic acids is 1. The van der Waals surface area contributed by atoms with E-state index in [0.717, 1.165) is 18.4 Å². The molecule has 0 aliphatic rings. The van der Waals surface area contributed by atoms with Gasteiger partial charge in [-0.15, -0.1) is 0 Å². The standard InChI is InChI=1S/C15H22O2/c1-5-12-8-7-11(9-13(12)6-2)10-15(3,4)14(16)17/h7-9H,5-6,10H2,1-4H3,(H,16,17). The van der Waals surface area contributed by atoms with E-state index in [-0.39, 0.29) is 0 Å². The van der Waals surface area contributed by atoms with E-state index in [1.165, 1.54) is 11.1 Å². The summed E-state index contributed by atoms with van der Waals surface area (Å²) in [6.07, 6.45) is 2.62. The average Bonchev–Trinajstić information content (AvgIpc) is 2.28. The van der Waals surface area contributed by atoms with Crippen LogP contribution in [-0.4, -0.2) is 11.1 Å². The monoisotopic (exact) mass is 234 g/mol. The van der Waals surface area contributed by atoms with Crippen LogP contribution in [0.5, 0.6) is 0 Å². The van der Waals surface area contributed by atoms with E-state index in [1.54, 1.807) is 13.8 Å². The Labute approximate surface area is 104 Å². The SMILES string of the molecule is CCc1ccc(CC(C)(C)C(=O)O)cc1CC. The van der Waals surface area contributed by atoms with Gasteiger partial charge in [0.05, 0.1) is 5.41 Å². The summed E-state index contributed by atoms with van der Waals surface area (Å²) in [5, 5.41) is 9.13. The number of hydrogen-bond donors (Lipinski definition) is 1. The van der Waals surface area contributed by atoms with Gasteiger partial charge in [-0.1, -0.05) is 32.0 Å². The molecular formula is C15H22O2. The molecule has 2 nitrogen and oxygen atoms in total. The van der Waals surface area contributed by atoms with Gasteiger partial charge in [0, 0.05) is 0 Å². The maximum Gasteiger partial charge on any atom is 0.309 e. The first-order valence-electron chi connectivity index (χ1n) is 6.24. The molecular weight excluding hydrogens is 212 g/mol. The predicted molar refractivity (Wildman–Crippen MR) is 70.3 cm³/mol. The zero-order valence-corrected chi connectivity index (χ0v) is 11.2. The lowest BCUT2D eigenvalue weighted by molar-refractivity contribution is -0.146. The molecule has 0 fully saturated rings. The quantitative estimate of drug-likeness (QED) is 0.847. The van der Waals surface area contributed by atoms with Gasteiger partial charge in [-0.25, -0.2) is 0 Å². The van der Waals surface area contributed by atoms with Crippen molar-refractivity contribution in [2.45, 2.75) is 47.0 Å². The van der Waals surface area contributed by atoms with Crippen molar-refractivity contribution in [3.8, 4) is 0 Å². The van der Waals surface area contributed by atoms with Crippen LogP contribution < -0.4 is 0 Å². The van der Waals surface area contributed by atoms with Crippen LogP contribution >= 0.6 is 0 Å². The van der Waals surface area contributed by atoms with Gasteiger partial charge in [-0.3, -0.25) is 4.79 Å². The Balaban J connectivity index is 2.97. The van der Waals surface area contributed by atoms with Gasteiger partial charge >= 0.3 is 5.97 Å². The maximum absolute atomic E-state index is 11.1. The number of benzene rings is 1. The van der Waals surface area contributed by atoms with Crippen molar-refractivity contribution in [3.63, 3.8) is 0 Å². The first kappa shape index (κ1) is 13.8. The lowest BCUT2D eigenvalue weighted by Crippen LogP contribution is -2.26. The molecule has 0 heterocycles. The van der Waals surface area contributed by atoms with Crippen LogP contribution in [-0.2, 0) is 24.1 Å². The minimum Gasteiger partial charge on any atom is -0.481 e. The highest BCUT2D eigenvalue weighted by atomic mass is 16.4. The fraction of sp³-hybridized carbons (Fsp3) is 0.533. The number of aryl methyl sites for hydroxylation is 2. The molecule has 0 radical (unpaired) electrons. The van der Waals surface area contributed by atoms with E-state index >= 15 is 0 Å². The second-order valence-corrected chi connectivity index (χ2v) is 5.18. The highest BCUT2D eigenvalue weighted by molar-refractivity contribution is 5.74. The molecule has 0 unspecified atom stereocenters. The van der Waals surface area contributed by atoms with Gasteiger partial charge in [-0.05, 0) is 49.8 Å². The maximum atomic E-state index is 11.1. The Kier molecular flexibility index (Phi) is 4.33. The molecule has 0 aliphatic carbocycles. The van der Waals surface area contributed by atoms with Crippen LogP contribution in [0.25, 0.3) is 0 Å². The summed E-state index contributed by atoms with van der Waals surface area (Å²) in [5.41, 5.74) is 3.13. The van der Waals surface area contributed by atoms with Gasteiger partial charge in [-0.2, -0.15) is 0 Å². The summed E-state index contributed by atoms with van der Waals surface area (Å²) in [4.78, 5) is 11.1. The summed E-state index contributed by atoms with van der Waals surface area (Å²) < 4.78 is 0. The molecule has 1 N–H and O–H groups in total. The molecule has 1 aromatic rings. The van der Waals surface area contributed by atoms with Crippen LogP contribution in [0.1, 0.15) is 44.4 Å². The van der Waals surface area contributed by atoms with Crippen molar-refractivity contribution in [2.24, 2.45) is 5.41 Å². The normalized spacial score (nSPS) is 11.5. The first-order chi connectivity index (χ1) is 7.90. The van der Waals surface area contributed by atoms with Crippen molar-refractivity contribution >= 4 is 5.97 Å². The molecule has 94 valence electrons. The molecule has 0 spiro atoms. The third-order valence-corrected chi connectivity index (χ3v) is 3.26. The fourth-order valence-corrected chi connectivity index (χ4v) is 2.05. The van der Waals surface area contributed by atoms with E-state index in [0.29, 0.717) is 6.42 Å². The minimum atomic E-state index is -0.741. The third-order valence-electron chi connectivity index (χ3n) is 3.26. The topological polar surface area (TPSA) is 37.3 Å². The molecule has 0 atom stereocenters. The highest BCUT2D eigenvalue weighted by Crippen LogP contribution is 2.24. The van der Waals surface area contributed by atoms with E-state index < -0.39 is 11.4 Å². The number of aliphatic carboxylic acids is 1. The number of rotatable bonds is 5. The van der Waals surface area contributed by atoms with E-state index in [4.69, 9.17) is 5.11 Å². The first-order valence-corrected chi connectivity index (χ1v) is 6.24. The Morgan fingerprint density at radius 3 is 2.24 bits per heavy atom. The van der Waals surface area contributed by atoms with Crippen LogP contribution in [0.15, 0.2) is 18.2 Å². The Morgan fingerprint density at radius 1 is 1.18 bits per heavy atom. The second-order valence-electron chi connectivity index (χ2n) is 5.18. The lowest BCUT2D eigenvalue weighted by Gasteiger charge is -2.20. The Bertz CT molecular complexity index is 405. The molecule has 0 bridgehead atoms. The van der Waals surface area contributed by atoms with Crippen LogP contribution in [0.4, 0.5) is 0 Å². The smallest absolute Gasteiger partial charge is 0.309 e. The van der Waals surface area contributed by atoms with E-state index in [9.17, 15) is 4.79 Å². The van der Waals surface area contributed by atoms with E-state index in [1.807, 2.05) is 0 Å². The molecule has 2 heteroatoms. The Morgan fingerprint density at radius 2 is 1.76 bits per heavy atom. The number of carboxylic acid groups (broad SMARTS) is 1. The van der Waals surface area contributed by atoms with Gasteiger partial charge in [0.15, 0.2) is 0 Å². The minimum absolute atomic E-state index is 0.583. The summed E-state index contributed by atoms with van der Waals surface area (Å²) in [6, 6.07) is 6.35. The summed E-state index contributed by atoms with van der Waals surface area (Å²) >= 11 is 0. The molecule has 0 aliphatic heterocycles. The van der Waals surface area contributed by atoms with Crippen LogP contribution in [0.3, 0.4) is 0 Å². The van der Waals surface area contributed by atoms with Crippen molar-refractivity contribution in [3.05, 3.63) is 34.9 Å². The third kappa shape index (κ3) is 3.32. The lowest BCUT2D eigenvalue weighted by atomic mass is 9.85. The van der Waals surface area contributed by atoms with Crippen LogP contribution in [0, 0.1) is 5.41 Å². The van der Waals surface area contributed by atoms with Crippen LogP contribution in [0.2, 0.25) is 0 Å².